The van der Waals surface area contributed by atoms with E-state index in [4.69, 9.17) is 0 Å². The number of aryl methyl sites for hydroxylation is 1. The monoisotopic (exact) mass is 393 g/mol. The van der Waals surface area contributed by atoms with E-state index >= 15 is 0 Å². The van der Waals surface area contributed by atoms with Gasteiger partial charge >= 0.3 is 0 Å². The average molecular weight is 395 g/mol. The van der Waals surface area contributed by atoms with Gasteiger partial charge in [0, 0.05) is 17.9 Å². The number of carbonyl (C=O) groups excluding carboxylic acids is 1. The third-order valence-electron chi connectivity index (χ3n) is 3.38. The smallest absolute Gasteiger partial charge is 0.264 e. The predicted octanol–water partition coefficient (Wildman–Crippen LogP) is 4.60. The maximum absolute atomic E-state index is 12.6. The third kappa shape index (κ3) is 3.17. The summed E-state index contributed by atoms with van der Waals surface area (Å²) in [5.74, 6) is 0.208. The van der Waals surface area contributed by atoms with Crippen molar-refractivity contribution in [3.63, 3.8) is 0 Å². The standard InChI is InChI=1S/C13H17Br2NOS/c1-9-8-11(18-12(9)15)13(17)16(7-3-6-14)10-4-2-5-10/h8,10H,2-7H2,1H3. The van der Waals surface area contributed by atoms with Crippen molar-refractivity contribution >= 4 is 49.1 Å². The Bertz CT molecular complexity index is 409. The molecule has 1 aromatic heterocycles. The Balaban J connectivity index is 2.11. The van der Waals surface area contributed by atoms with Crippen LogP contribution in [0.1, 0.15) is 40.9 Å². The lowest BCUT2D eigenvalue weighted by Crippen LogP contribution is -2.44. The van der Waals surface area contributed by atoms with Crippen molar-refractivity contribution in [2.75, 3.05) is 11.9 Å². The van der Waals surface area contributed by atoms with Crippen LogP contribution in [0.25, 0.3) is 0 Å². The van der Waals surface area contributed by atoms with Crippen molar-refractivity contribution in [2.24, 2.45) is 0 Å². The van der Waals surface area contributed by atoms with Crippen molar-refractivity contribution in [1.29, 1.82) is 0 Å². The van der Waals surface area contributed by atoms with Crippen LogP contribution >= 0.6 is 43.2 Å². The Kier molecular flexibility index (Phi) is 5.27. The Morgan fingerprint density at radius 2 is 2.28 bits per heavy atom. The van der Waals surface area contributed by atoms with Crippen LogP contribution in [0, 0.1) is 6.92 Å². The molecule has 0 atom stereocenters. The van der Waals surface area contributed by atoms with Crippen LogP contribution < -0.4 is 0 Å². The highest BCUT2D eigenvalue weighted by atomic mass is 79.9. The van der Waals surface area contributed by atoms with Crippen molar-refractivity contribution in [3.05, 3.63) is 20.3 Å². The molecule has 5 heteroatoms. The first-order valence-electron chi connectivity index (χ1n) is 6.26. The summed E-state index contributed by atoms with van der Waals surface area (Å²) < 4.78 is 1.07. The molecule has 0 aliphatic heterocycles. The van der Waals surface area contributed by atoms with E-state index in [1.54, 1.807) is 11.3 Å². The molecule has 0 saturated heterocycles. The summed E-state index contributed by atoms with van der Waals surface area (Å²) in [7, 11) is 0. The molecule has 1 heterocycles. The Hall–Kier alpha value is 0.130. The van der Waals surface area contributed by atoms with Crippen LogP contribution in [0.5, 0.6) is 0 Å². The molecule has 0 aromatic carbocycles. The fourth-order valence-electron chi connectivity index (χ4n) is 2.09. The highest BCUT2D eigenvalue weighted by molar-refractivity contribution is 9.11. The van der Waals surface area contributed by atoms with Crippen LogP contribution in [0.15, 0.2) is 9.85 Å². The summed E-state index contributed by atoms with van der Waals surface area (Å²) in [5, 5.41) is 0.955. The summed E-state index contributed by atoms with van der Waals surface area (Å²) in [5.41, 5.74) is 1.15. The minimum absolute atomic E-state index is 0.208. The van der Waals surface area contributed by atoms with E-state index in [9.17, 15) is 4.79 Å². The molecule has 0 N–H and O–H groups in total. The molecule has 1 aromatic rings. The summed E-state index contributed by atoms with van der Waals surface area (Å²) >= 11 is 8.49. The van der Waals surface area contributed by atoms with Gasteiger partial charge in [-0.15, -0.1) is 11.3 Å². The van der Waals surface area contributed by atoms with Crippen molar-refractivity contribution in [1.82, 2.24) is 4.90 Å². The lowest BCUT2D eigenvalue weighted by molar-refractivity contribution is 0.0586. The van der Waals surface area contributed by atoms with Gasteiger partial charge in [0.2, 0.25) is 0 Å². The lowest BCUT2D eigenvalue weighted by Gasteiger charge is -2.37. The minimum atomic E-state index is 0.208. The zero-order valence-corrected chi connectivity index (χ0v) is 14.4. The van der Waals surface area contributed by atoms with Gasteiger partial charge in [-0.3, -0.25) is 4.79 Å². The molecule has 1 amide bonds. The van der Waals surface area contributed by atoms with Gasteiger partial charge in [0.05, 0.1) is 8.66 Å². The molecular weight excluding hydrogens is 378 g/mol. The number of hydrogen-bond donors (Lipinski definition) is 0. The maximum atomic E-state index is 12.6. The first kappa shape index (κ1) is 14.5. The summed E-state index contributed by atoms with van der Waals surface area (Å²) in [4.78, 5) is 15.5. The molecule has 2 nitrogen and oxygen atoms in total. The summed E-state index contributed by atoms with van der Waals surface area (Å²) in [6.45, 7) is 2.90. The van der Waals surface area contributed by atoms with Crippen LogP contribution in [0.4, 0.5) is 0 Å². The van der Waals surface area contributed by atoms with E-state index in [-0.39, 0.29) is 5.91 Å². The van der Waals surface area contributed by atoms with Gasteiger partial charge in [-0.05, 0) is 60.2 Å². The number of carbonyl (C=O) groups is 1. The molecule has 1 fully saturated rings. The van der Waals surface area contributed by atoms with Gasteiger partial charge in [-0.2, -0.15) is 0 Å². The van der Waals surface area contributed by atoms with Crippen LogP contribution in [0.3, 0.4) is 0 Å². The molecule has 1 aliphatic rings. The average Bonchev–Trinajstić information content (AvgIpc) is 2.61. The van der Waals surface area contributed by atoms with E-state index in [1.807, 2.05) is 13.0 Å². The van der Waals surface area contributed by atoms with Gasteiger partial charge in [-0.1, -0.05) is 15.9 Å². The van der Waals surface area contributed by atoms with Crippen LogP contribution in [-0.4, -0.2) is 28.7 Å². The molecule has 1 aliphatic carbocycles. The van der Waals surface area contributed by atoms with Crippen molar-refractivity contribution in [3.8, 4) is 0 Å². The molecule has 2 rings (SSSR count). The predicted molar refractivity (Wildman–Crippen MR) is 83.8 cm³/mol. The first-order valence-corrected chi connectivity index (χ1v) is 8.99. The van der Waals surface area contributed by atoms with Gasteiger partial charge in [0.15, 0.2) is 0 Å². The van der Waals surface area contributed by atoms with Gasteiger partial charge < -0.3 is 4.90 Å². The highest BCUT2D eigenvalue weighted by Gasteiger charge is 2.29. The molecule has 0 bridgehead atoms. The van der Waals surface area contributed by atoms with E-state index in [1.165, 1.54) is 19.3 Å². The number of rotatable bonds is 5. The quantitative estimate of drug-likeness (QED) is 0.668. The molecule has 18 heavy (non-hydrogen) atoms. The second-order valence-corrected chi connectivity index (χ2v) is 7.86. The third-order valence-corrected chi connectivity index (χ3v) is 6.06. The maximum Gasteiger partial charge on any atom is 0.264 e. The van der Waals surface area contributed by atoms with Crippen LogP contribution in [-0.2, 0) is 0 Å². The van der Waals surface area contributed by atoms with E-state index in [0.717, 1.165) is 32.5 Å². The zero-order chi connectivity index (χ0) is 13.1. The second kappa shape index (κ2) is 6.53. The first-order chi connectivity index (χ1) is 8.63. The number of amides is 1. The normalized spacial score (nSPS) is 15.5. The van der Waals surface area contributed by atoms with Gasteiger partial charge in [0.1, 0.15) is 0 Å². The summed E-state index contributed by atoms with van der Waals surface area (Å²) in [6, 6.07) is 2.47. The van der Waals surface area contributed by atoms with Gasteiger partial charge in [0.25, 0.3) is 5.91 Å². The number of halogens is 2. The van der Waals surface area contributed by atoms with E-state index in [0.29, 0.717) is 6.04 Å². The minimum Gasteiger partial charge on any atom is -0.335 e. The summed E-state index contributed by atoms with van der Waals surface area (Å²) in [6.07, 6.45) is 4.61. The number of nitrogens with zero attached hydrogens (tertiary/aromatic N) is 1. The topological polar surface area (TPSA) is 20.3 Å². The lowest BCUT2D eigenvalue weighted by atomic mass is 9.91. The van der Waals surface area contributed by atoms with Crippen molar-refractivity contribution < 1.29 is 4.79 Å². The molecular formula is C13H17Br2NOS. The zero-order valence-electron chi connectivity index (χ0n) is 10.4. The molecule has 1 saturated carbocycles. The van der Waals surface area contributed by atoms with Gasteiger partial charge in [-0.25, -0.2) is 0 Å². The Morgan fingerprint density at radius 3 is 2.72 bits per heavy atom. The van der Waals surface area contributed by atoms with E-state index in [2.05, 4.69) is 36.8 Å². The SMILES string of the molecule is Cc1cc(C(=O)N(CCCBr)C2CCC2)sc1Br. The largest absolute Gasteiger partial charge is 0.335 e. The Labute approximate surface area is 129 Å². The number of hydrogen-bond acceptors (Lipinski definition) is 2. The van der Waals surface area contributed by atoms with Crippen LogP contribution in [0.2, 0.25) is 0 Å². The Morgan fingerprint density at radius 1 is 1.56 bits per heavy atom. The molecule has 0 radical (unpaired) electrons. The molecule has 0 unspecified atom stereocenters. The second-order valence-electron chi connectivity index (χ2n) is 4.69. The highest BCUT2D eigenvalue weighted by Crippen LogP contribution is 2.31. The van der Waals surface area contributed by atoms with Crippen molar-refractivity contribution in [2.45, 2.75) is 38.6 Å². The number of alkyl halides is 1. The molecule has 100 valence electrons. The fourth-order valence-corrected chi connectivity index (χ4v) is 3.83. The molecule has 0 spiro atoms. The fraction of sp³-hybridized carbons (Fsp3) is 0.615. The number of thiophene rings is 1. The van der Waals surface area contributed by atoms with E-state index < -0.39 is 0 Å².